The summed E-state index contributed by atoms with van der Waals surface area (Å²) in [5.74, 6) is 0. The van der Waals surface area contributed by atoms with Gasteiger partial charge in [0, 0.05) is 12.2 Å². The number of benzene rings is 1. The molecule has 0 radical (unpaired) electrons. The topological polar surface area (TPSA) is 29.3 Å². The van der Waals surface area contributed by atoms with Gasteiger partial charge in [-0.25, -0.2) is 0 Å². The third-order valence-electron chi connectivity index (χ3n) is 2.34. The van der Waals surface area contributed by atoms with Crippen molar-refractivity contribution in [3.8, 4) is 0 Å². The zero-order valence-corrected chi connectivity index (χ0v) is 9.24. The fraction of sp³-hybridized carbons (Fsp3) is 0.300. The van der Waals surface area contributed by atoms with Gasteiger partial charge in [-0.15, -0.1) is 0 Å². The molecular formula is C10H11ClN2S. The number of nitrogens with two attached hydrogens (primary N) is 1. The summed E-state index contributed by atoms with van der Waals surface area (Å²) < 4.78 is 0. The highest BCUT2D eigenvalue weighted by molar-refractivity contribution is 7.80. The van der Waals surface area contributed by atoms with Gasteiger partial charge in [0.15, 0.2) is 0 Å². The molecule has 14 heavy (non-hydrogen) atoms. The molecule has 74 valence electrons. The zero-order chi connectivity index (χ0) is 10.1. The number of nitrogens with zero attached hydrogens (tertiary/aromatic N) is 1. The number of halogens is 1. The highest BCUT2D eigenvalue weighted by Gasteiger charge is 2.20. The average molecular weight is 227 g/mol. The van der Waals surface area contributed by atoms with Crippen LogP contribution < -0.4 is 10.6 Å². The fourth-order valence-corrected chi connectivity index (χ4v) is 2.27. The number of nitrogen functional groups attached to an aromatic ring is 1. The molecule has 0 atom stereocenters. The van der Waals surface area contributed by atoms with Gasteiger partial charge in [0.1, 0.15) is 0 Å². The molecule has 2 N–H and O–H groups in total. The first-order valence-electron chi connectivity index (χ1n) is 4.54. The van der Waals surface area contributed by atoms with Crippen molar-refractivity contribution in [3.63, 3.8) is 0 Å². The van der Waals surface area contributed by atoms with Crippen LogP contribution in [0.25, 0.3) is 0 Å². The summed E-state index contributed by atoms with van der Waals surface area (Å²) in [6.07, 6.45) is 2.09. The lowest BCUT2D eigenvalue weighted by molar-refractivity contribution is 0.957. The second-order valence-corrected chi connectivity index (χ2v) is 4.24. The Hall–Kier alpha value is -0.800. The minimum absolute atomic E-state index is 0.675. The van der Waals surface area contributed by atoms with Crippen molar-refractivity contribution in [1.82, 2.24) is 0 Å². The normalized spacial score (nSPS) is 16.4. The summed E-state index contributed by atoms with van der Waals surface area (Å²) in [7, 11) is 0. The fourth-order valence-electron chi connectivity index (χ4n) is 1.64. The Labute approximate surface area is 93.6 Å². The Morgan fingerprint density at radius 1 is 1.43 bits per heavy atom. The molecule has 0 amide bonds. The molecule has 1 aromatic rings. The SMILES string of the molecule is Nc1ccc(N2CCCC2=S)c(Cl)c1. The summed E-state index contributed by atoms with van der Waals surface area (Å²) in [6.45, 7) is 0.961. The smallest absolute Gasteiger partial charge is 0.0824 e. The van der Waals surface area contributed by atoms with Crippen LogP contribution in [0.1, 0.15) is 12.8 Å². The maximum atomic E-state index is 6.09. The van der Waals surface area contributed by atoms with Crippen LogP contribution in [0.15, 0.2) is 18.2 Å². The Bertz CT molecular complexity index is 378. The van der Waals surface area contributed by atoms with Gasteiger partial charge in [-0.1, -0.05) is 23.8 Å². The van der Waals surface area contributed by atoms with Crippen molar-refractivity contribution in [2.45, 2.75) is 12.8 Å². The highest BCUT2D eigenvalue weighted by atomic mass is 35.5. The first kappa shape index (κ1) is 9.74. The van der Waals surface area contributed by atoms with Crippen molar-refractivity contribution >= 4 is 40.2 Å². The Balaban J connectivity index is 2.36. The monoisotopic (exact) mass is 226 g/mol. The third-order valence-corrected chi connectivity index (χ3v) is 3.06. The molecule has 1 aliphatic heterocycles. The van der Waals surface area contributed by atoms with Crippen LogP contribution in [0.2, 0.25) is 5.02 Å². The molecule has 2 rings (SSSR count). The first-order valence-corrected chi connectivity index (χ1v) is 5.32. The summed E-state index contributed by atoms with van der Waals surface area (Å²) in [4.78, 5) is 3.05. The number of hydrogen-bond acceptors (Lipinski definition) is 2. The minimum Gasteiger partial charge on any atom is -0.399 e. The summed E-state index contributed by atoms with van der Waals surface area (Å²) in [5.41, 5.74) is 7.28. The molecule has 2 nitrogen and oxygen atoms in total. The summed E-state index contributed by atoms with van der Waals surface area (Å²) in [6, 6.07) is 5.54. The number of rotatable bonds is 1. The van der Waals surface area contributed by atoms with E-state index in [-0.39, 0.29) is 0 Å². The molecule has 0 aliphatic carbocycles. The number of hydrogen-bond donors (Lipinski definition) is 1. The molecule has 0 bridgehead atoms. The first-order chi connectivity index (χ1) is 6.68. The standard InChI is InChI=1S/C10H11ClN2S/c11-8-6-7(12)3-4-9(8)13-5-1-2-10(13)14/h3-4,6H,1-2,5,12H2. The van der Waals surface area contributed by atoms with Gasteiger partial charge in [0.05, 0.1) is 15.7 Å². The van der Waals surface area contributed by atoms with Crippen LogP contribution in [-0.2, 0) is 0 Å². The summed E-state index contributed by atoms with van der Waals surface area (Å²) in [5, 5.41) is 0.675. The van der Waals surface area contributed by atoms with E-state index in [1.54, 1.807) is 6.07 Å². The minimum atomic E-state index is 0.675. The van der Waals surface area contributed by atoms with Crippen LogP contribution in [0, 0.1) is 0 Å². The second kappa shape index (κ2) is 3.75. The van der Waals surface area contributed by atoms with Gasteiger partial charge in [-0.3, -0.25) is 0 Å². The van der Waals surface area contributed by atoms with Crippen LogP contribution in [0.5, 0.6) is 0 Å². The predicted octanol–water partition coefficient (Wildman–Crippen LogP) is 2.85. The van der Waals surface area contributed by atoms with E-state index in [0.717, 1.165) is 30.1 Å². The van der Waals surface area contributed by atoms with Crippen LogP contribution in [0.4, 0.5) is 11.4 Å². The van der Waals surface area contributed by atoms with Crippen molar-refractivity contribution in [1.29, 1.82) is 0 Å². The number of thiocarbonyl (C=S) groups is 1. The molecule has 0 unspecified atom stereocenters. The highest BCUT2D eigenvalue weighted by Crippen LogP contribution is 2.31. The lowest BCUT2D eigenvalue weighted by Gasteiger charge is -2.19. The van der Waals surface area contributed by atoms with E-state index >= 15 is 0 Å². The average Bonchev–Trinajstić information content (AvgIpc) is 2.52. The van der Waals surface area contributed by atoms with E-state index in [1.165, 1.54) is 0 Å². The van der Waals surface area contributed by atoms with Gasteiger partial charge in [-0.2, -0.15) is 0 Å². The summed E-state index contributed by atoms with van der Waals surface area (Å²) >= 11 is 11.3. The van der Waals surface area contributed by atoms with Crippen LogP contribution >= 0.6 is 23.8 Å². The van der Waals surface area contributed by atoms with E-state index in [2.05, 4.69) is 4.90 Å². The lowest BCUT2D eigenvalue weighted by Crippen LogP contribution is -2.22. The zero-order valence-electron chi connectivity index (χ0n) is 7.66. The molecule has 0 spiro atoms. The van der Waals surface area contributed by atoms with Crippen LogP contribution in [-0.4, -0.2) is 11.5 Å². The molecule has 1 fully saturated rings. The van der Waals surface area contributed by atoms with E-state index < -0.39 is 0 Å². The lowest BCUT2D eigenvalue weighted by atomic mass is 10.2. The van der Waals surface area contributed by atoms with E-state index in [0.29, 0.717) is 10.7 Å². The maximum Gasteiger partial charge on any atom is 0.0824 e. The maximum absolute atomic E-state index is 6.09. The molecule has 1 aromatic carbocycles. The van der Waals surface area contributed by atoms with Crippen molar-refractivity contribution in [3.05, 3.63) is 23.2 Å². The van der Waals surface area contributed by atoms with Gasteiger partial charge in [0.25, 0.3) is 0 Å². The molecular weight excluding hydrogens is 216 g/mol. The number of anilines is 2. The molecule has 4 heteroatoms. The molecule has 1 saturated heterocycles. The third kappa shape index (κ3) is 1.70. The Morgan fingerprint density at radius 2 is 2.21 bits per heavy atom. The largest absolute Gasteiger partial charge is 0.399 e. The van der Waals surface area contributed by atoms with Gasteiger partial charge in [0.2, 0.25) is 0 Å². The van der Waals surface area contributed by atoms with Gasteiger partial charge >= 0.3 is 0 Å². The second-order valence-electron chi connectivity index (χ2n) is 3.36. The van der Waals surface area contributed by atoms with Gasteiger partial charge in [-0.05, 0) is 31.0 Å². The Morgan fingerprint density at radius 3 is 2.79 bits per heavy atom. The van der Waals surface area contributed by atoms with E-state index in [1.807, 2.05) is 12.1 Å². The van der Waals surface area contributed by atoms with Crippen molar-refractivity contribution in [2.24, 2.45) is 0 Å². The predicted molar refractivity (Wildman–Crippen MR) is 65.0 cm³/mol. The molecule has 0 aromatic heterocycles. The molecule has 1 heterocycles. The van der Waals surface area contributed by atoms with Crippen LogP contribution in [0.3, 0.4) is 0 Å². The molecule has 0 saturated carbocycles. The van der Waals surface area contributed by atoms with E-state index in [4.69, 9.17) is 29.6 Å². The van der Waals surface area contributed by atoms with Crippen molar-refractivity contribution in [2.75, 3.05) is 17.2 Å². The molecule has 1 aliphatic rings. The van der Waals surface area contributed by atoms with Gasteiger partial charge < -0.3 is 10.6 Å². The van der Waals surface area contributed by atoms with Crippen molar-refractivity contribution < 1.29 is 0 Å². The Kier molecular flexibility index (Phi) is 2.61. The van der Waals surface area contributed by atoms with E-state index in [9.17, 15) is 0 Å². The quantitative estimate of drug-likeness (QED) is 0.590.